The van der Waals surface area contributed by atoms with Gasteiger partial charge in [0.15, 0.2) is 5.28 Å². The summed E-state index contributed by atoms with van der Waals surface area (Å²) < 4.78 is 21.3. The molecule has 3 nitrogen and oxygen atoms in total. The van der Waals surface area contributed by atoms with Crippen molar-refractivity contribution >= 4 is 12.7 Å². The van der Waals surface area contributed by atoms with Gasteiger partial charge in [-0.05, 0) is 54.3 Å². The van der Waals surface area contributed by atoms with E-state index in [0.29, 0.717) is 6.61 Å². The van der Waals surface area contributed by atoms with Crippen LogP contribution in [0.4, 0.5) is 0 Å². The molecule has 4 heteroatoms. The first-order chi connectivity index (χ1) is 14.7. The fourth-order valence-corrected chi connectivity index (χ4v) is 7.64. The van der Waals surface area contributed by atoms with E-state index < -0.39 is 12.6 Å². The Morgan fingerprint density at radius 2 is 1.37 bits per heavy atom. The van der Waals surface area contributed by atoms with Gasteiger partial charge in [-0.1, -0.05) is 86.5 Å². The van der Waals surface area contributed by atoms with E-state index >= 15 is 4.57 Å². The Labute approximate surface area is 179 Å². The first-order valence-corrected chi connectivity index (χ1v) is 12.6. The van der Waals surface area contributed by atoms with Crippen molar-refractivity contribution in [2.45, 2.75) is 38.4 Å². The molecule has 0 fully saturated rings. The summed E-state index contributed by atoms with van der Waals surface area (Å²) in [7, 11) is -3.37. The lowest BCUT2D eigenvalue weighted by Gasteiger charge is -2.40. The predicted octanol–water partition coefficient (Wildman–Crippen LogP) is 6.29. The van der Waals surface area contributed by atoms with Crippen LogP contribution >= 0.6 is 7.37 Å². The van der Waals surface area contributed by atoms with E-state index in [2.05, 4.69) is 48.6 Å². The maximum Gasteiger partial charge on any atom is 0.260 e. The zero-order chi connectivity index (χ0) is 21.0. The van der Waals surface area contributed by atoms with Crippen molar-refractivity contribution in [3.05, 3.63) is 90.0 Å². The lowest BCUT2D eigenvalue weighted by Crippen LogP contribution is -2.45. The fraction of sp³-hybridized carbons (Fsp3) is 0.308. The lowest BCUT2D eigenvalue weighted by atomic mass is 10.0. The van der Waals surface area contributed by atoms with Crippen molar-refractivity contribution < 1.29 is 9.09 Å². The average molecular weight is 420 g/mol. The molecule has 0 aliphatic heterocycles. The monoisotopic (exact) mass is 419 g/mol. The van der Waals surface area contributed by atoms with Gasteiger partial charge in [0.2, 0.25) is 0 Å². The predicted molar refractivity (Wildman–Crippen MR) is 125 cm³/mol. The molecule has 0 heterocycles. The molecule has 3 aromatic rings. The number of benzene rings is 3. The van der Waals surface area contributed by atoms with E-state index in [4.69, 9.17) is 4.52 Å². The molecule has 1 N–H and O–H groups in total. The highest BCUT2D eigenvalue weighted by Crippen LogP contribution is 2.69. The summed E-state index contributed by atoms with van der Waals surface area (Å²) in [4.78, 5) is 0. The van der Waals surface area contributed by atoms with Crippen LogP contribution in [0.2, 0.25) is 0 Å². The highest BCUT2D eigenvalue weighted by molar-refractivity contribution is 7.68. The maximum absolute atomic E-state index is 15.0. The summed E-state index contributed by atoms with van der Waals surface area (Å²) in [6, 6.07) is 26.4. The molecular weight excluding hydrogens is 389 g/mol. The highest BCUT2D eigenvalue weighted by Gasteiger charge is 2.57. The van der Waals surface area contributed by atoms with Gasteiger partial charge in [-0.2, -0.15) is 0 Å². The van der Waals surface area contributed by atoms with Gasteiger partial charge in [0.1, 0.15) is 0 Å². The first kappa shape index (κ1) is 21.1. The molecule has 30 heavy (non-hydrogen) atoms. The van der Waals surface area contributed by atoms with Crippen molar-refractivity contribution in [2.24, 2.45) is 0 Å². The zero-order valence-corrected chi connectivity index (χ0v) is 18.7. The van der Waals surface area contributed by atoms with E-state index in [1.54, 1.807) is 0 Å². The van der Waals surface area contributed by atoms with Gasteiger partial charge in [0.25, 0.3) is 7.37 Å². The van der Waals surface area contributed by atoms with E-state index in [1.165, 1.54) is 0 Å². The SMILES string of the molecule is CCCCCNC1(P(=O)(OCC)c2ccccc2)c2ccccc2-c2ccccc21. The van der Waals surface area contributed by atoms with Crippen LogP contribution in [0.1, 0.15) is 44.2 Å². The number of fused-ring (bicyclic) bond motifs is 3. The molecule has 0 radical (unpaired) electrons. The number of nitrogens with one attached hydrogen (secondary N) is 1. The summed E-state index contributed by atoms with van der Waals surface area (Å²) in [5.41, 5.74) is 4.35. The molecule has 0 spiro atoms. The third kappa shape index (κ3) is 3.26. The topological polar surface area (TPSA) is 38.3 Å². The average Bonchev–Trinajstić information content (AvgIpc) is 3.09. The zero-order valence-electron chi connectivity index (χ0n) is 17.8. The molecular formula is C26H30NO2P. The quantitative estimate of drug-likeness (QED) is 0.327. The Balaban J connectivity index is 2.00. The van der Waals surface area contributed by atoms with Gasteiger partial charge in [0, 0.05) is 5.30 Å². The Kier molecular flexibility index (Phi) is 6.24. The van der Waals surface area contributed by atoms with Crippen LogP contribution in [0.15, 0.2) is 78.9 Å². The summed E-state index contributed by atoms with van der Waals surface area (Å²) in [5.74, 6) is 0. The first-order valence-electron chi connectivity index (χ1n) is 10.9. The Morgan fingerprint density at radius 1 is 0.800 bits per heavy atom. The molecule has 0 aromatic heterocycles. The molecule has 1 atom stereocenters. The molecule has 1 unspecified atom stereocenters. The molecule has 0 saturated carbocycles. The van der Waals surface area contributed by atoms with Crippen LogP contribution in [-0.2, 0) is 14.4 Å². The normalized spacial score (nSPS) is 15.9. The summed E-state index contributed by atoms with van der Waals surface area (Å²) in [5, 5.41) is 3.63. The van der Waals surface area contributed by atoms with Gasteiger partial charge in [0.05, 0.1) is 6.61 Å². The minimum absolute atomic E-state index is 0.384. The highest BCUT2D eigenvalue weighted by atomic mass is 31.2. The molecule has 0 bridgehead atoms. The summed E-state index contributed by atoms with van der Waals surface area (Å²) >= 11 is 0. The van der Waals surface area contributed by atoms with Crippen molar-refractivity contribution in [3.8, 4) is 11.1 Å². The summed E-state index contributed by atoms with van der Waals surface area (Å²) in [6.45, 7) is 5.29. The van der Waals surface area contributed by atoms with Crippen LogP contribution in [0.5, 0.6) is 0 Å². The number of hydrogen-bond donors (Lipinski definition) is 1. The summed E-state index contributed by atoms with van der Waals surface area (Å²) in [6.07, 6.45) is 3.31. The number of unbranched alkanes of at least 4 members (excludes halogenated alkanes) is 2. The molecule has 4 rings (SSSR count). The Bertz CT molecular complexity index is 1000. The molecule has 0 saturated heterocycles. The van der Waals surface area contributed by atoms with Gasteiger partial charge in [-0.15, -0.1) is 0 Å². The molecule has 0 amide bonds. The van der Waals surface area contributed by atoms with Crippen molar-refractivity contribution in [2.75, 3.05) is 13.2 Å². The second-order valence-corrected chi connectivity index (χ2v) is 10.3. The molecule has 156 valence electrons. The number of hydrogen-bond acceptors (Lipinski definition) is 3. The lowest BCUT2D eigenvalue weighted by molar-refractivity contribution is 0.312. The van der Waals surface area contributed by atoms with E-state index in [1.807, 2.05) is 49.4 Å². The van der Waals surface area contributed by atoms with E-state index in [9.17, 15) is 0 Å². The fourth-order valence-electron chi connectivity index (χ4n) is 4.64. The smallest absolute Gasteiger partial charge is 0.260 e. The van der Waals surface area contributed by atoms with Crippen LogP contribution in [0, 0.1) is 0 Å². The maximum atomic E-state index is 15.0. The van der Waals surface area contributed by atoms with Crippen LogP contribution < -0.4 is 10.6 Å². The van der Waals surface area contributed by atoms with Crippen LogP contribution in [-0.4, -0.2) is 13.2 Å². The second-order valence-electron chi connectivity index (χ2n) is 7.74. The van der Waals surface area contributed by atoms with Crippen molar-refractivity contribution in [3.63, 3.8) is 0 Å². The van der Waals surface area contributed by atoms with Gasteiger partial charge in [-0.25, -0.2) is 0 Å². The Hall–Kier alpha value is -2.19. The van der Waals surface area contributed by atoms with Crippen LogP contribution in [0.25, 0.3) is 11.1 Å². The van der Waals surface area contributed by atoms with Crippen LogP contribution in [0.3, 0.4) is 0 Å². The number of rotatable bonds is 9. The second kappa shape index (κ2) is 8.89. The van der Waals surface area contributed by atoms with Gasteiger partial charge < -0.3 is 4.52 Å². The third-order valence-corrected chi connectivity index (χ3v) is 9.06. The van der Waals surface area contributed by atoms with Crippen molar-refractivity contribution in [1.29, 1.82) is 0 Å². The standard InChI is InChI=1S/C26H30NO2P/c1-3-5-13-20-27-26(30(28,29-4-2)21-14-7-6-8-15-21)24-18-11-9-16-22(24)23-17-10-12-19-25(23)26/h6-12,14-19,27H,3-5,13,20H2,1-2H3. The molecule has 1 aliphatic rings. The van der Waals surface area contributed by atoms with Gasteiger partial charge in [-0.3, -0.25) is 9.88 Å². The third-order valence-electron chi connectivity index (χ3n) is 5.93. The minimum atomic E-state index is -3.37. The van der Waals surface area contributed by atoms with Crippen molar-refractivity contribution in [1.82, 2.24) is 5.32 Å². The van der Waals surface area contributed by atoms with E-state index in [-0.39, 0.29) is 0 Å². The molecule has 1 aliphatic carbocycles. The molecule has 3 aromatic carbocycles. The Morgan fingerprint density at radius 3 is 1.93 bits per heavy atom. The van der Waals surface area contributed by atoms with E-state index in [0.717, 1.165) is 53.4 Å². The largest absolute Gasteiger partial charge is 0.324 e. The van der Waals surface area contributed by atoms with Gasteiger partial charge >= 0.3 is 0 Å². The minimum Gasteiger partial charge on any atom is -0.324 e.